The lowest BCUT2D eigenvalue weighted by Gasteiger charge is -2.10. The van der Waals surface area contributed by atoms with E-state index in [4.69, 9.17) is 4.74 Å². The van der Waals surface area contributed by atoms with Crippen molar-refractivity contribution in [1.82, 2.24) is 15.0 Å². The Morgan fingerprint density at radius 1 is 1.17 bits per heavy atom. The van der Waals surface area contributed by atoms with Crippen LogP contribution in [0.25, 0.3) is 5.69 Å². The molecule has 0 saturated carbocycles. The van der Waals surface area contributed by atoms with Crippen molar-refractivity contribution in [3.05, 3.63) is 63.9 Å². The Kier molecular flexibility index (Phi) is 6.28. The zero-order chi connectivity index (χ0) is 21.0. The van der Waals surface area contributed by atoms with Gasteiger partial charge in [0.1, 0.15) is 5.75 Å². The van der Waals surface area contributed by atoms with Gasteiger partial charge in [0.05, 0.1) is 18.5 Å². The normalized spacial score (nSPS) is 10.5. The molecule has 2 aromatic carbocycles. The molecule has 0 aliphatic carbocycles. The van der Waals surface area contributed by atoms with Gasteiger partial charge >= 0.3 is 5.97 Å². The van der Waals surface area contributed by atoms with E-state index in [9.17, 15) is 9.59 Å². The average Bonchev–Trinajstić information content (AvgIpc) is 3.09. The number of halogens is 1. The highest BCUT2D eigenvalue weighted by Gasteiger charge is 2.18. The molecule has 29 heavy (non-hydrogen) atoms. The van der Waals surface area contributed by atoms with Crippen molar-refractivity contribution in [3.8, 4) is 11.4 Å². The SMILES string of the molecule is COC(=O)COc1ccc(NC(=O)c2nnn(-c3cccc(Br)c3)c2C)c(C)c1. The summed E-state index contributed by atoms with van der Waals surface area (Å²) >= 11 is 3.42. The maximum absolute atomic E-state index is 12.7. The van der Waals surface area contributed by atoms with Gasteiger partial charge in [0.25, 0.3) is 5.91 Å². The first kappa shape index (κ1) is 20.5. The molecule has 0 radical (unpaired) electrons. The fourth-order valence-electron chi connectivity index (χ4n) is 2.64. The van der Waals surface area contributed by atoms with Crippen LogP contribution in [0.4, 0.5) is 5.69 Å². The number of aromatic nitrogens is 3. The number of anilines is 1. The van der Waals surface area contributed by atoms with Crippen LogP contribution in [0.1, 0.15) is 21.7 Å². The lowest BCUT2D eigenvalue weighted by Crippen LogP contribution is -2.15. The van der Waals surface area contributed by atoms with Crippen molar-refractivity contribution in [2.75, 3.05) is 19.0 Å². The highest BCUT2D eigenvalue weighted by molar-refractivity contribution is 9.10. The van der Waals surface area contributed by atoms with E-state index in [0.717, 1.165) is 15.7 Å². The summed E-state index contributed by atoms with van der Waals surface area (Å²) in [5.74, 6) is -0.332. The predicted octanol–water partition coefficient (Wildman–Crippen LogP) is 3.45. The summed E-state index contributed by atoms with van der Waals surface area (Å²) in [7, 11) is 1.30. The Hall–Kier alpha value is -3.20. The van der Waals surface area contributed by atoms with E-state index in [1.54, 1.807) is 29.8 Å². The molecule has 150 valence electrons. The van der Waals surface area contributed by atoms with E-state index in [1.807, 2.05) is 31.2 Å². The lowest BCUT2D eigenvalue weighted by molar-refractivity contribution is -0.142. The van der Waals surface area contributed by atoms with E-state index in [0.29, 0.717) is 17.1 Å². The number of nitrogens with one attached hydrogen (secondary N) is 1. The number of benzene rings is 2. The molecule has 0 unspecified atom stereocenters. The summed E-state index contributed by atoms with van der Waals surface area (Å²) in [6.45, 7) is 3.43. The third-order valence-corrected chi connectivity index (χ3v) is 4.69. The van der Waals surface area contributed by atoms with Gasteiger partial charge < -0.3 is 14.8 Å². The number of rotatable bonds is 6. The number of carbonyl (C=O) groups is 2. The van der Waals surface area contributed by atoms with Crippen molar-refractivity contribution < 1.29 is 19.1 Å². The minimum Gasteiger partial charge on any atom is -0.482 e. The van der Waals surface area contributed by atoms with E-state index in [-0.39, 0.29) is 18.2 Å². The zero-order valence-corrected chi connectivity index (χ0v) is 17.7. The fourth-order valence-corrected chi connectivity index (χ4v) is 3.03. The third-order valence-electron chi connectivity index (χ3n) is 4.19. The molecular formula is C20H19BrN4O4. The van der Waals surface area contributed by atoms with Crippen LogP contribution >= 0.6 is 15.9 Å². The van der Waals surface area contributed by atoms with Crippen LogP contribution in [0, 0.1) is 13.8 Å². The molecule has 0 aliphatic rings. The first-order valence-corrected chi connectivity index (χ1v) is 9.48. The van der Waals surface area contributed by atoms with Crippen molar-refractivity contribution in [2.45, 2.75) is 13.8 Å². The molecule has 1 aromatic heterocycles. The second-order valence-electron chi connectivity index (χ2n) is 6.21. The molecule has 9 heteroatoms. The van der Waals surface area contributed by atoms with Crippen LogP contribution in [-0.4, -0.2) is 40.6 Å². The molecule has 3 rings (SSSR count). The Balaban J connectivity index is 1.75. The predicted molar refractivity (Wildman–Crippen MR) is 110 cm³/mol. The Morgan fingerprint density at radius 3 is 2.66 bits per heavy atom. The lowest BCUT2D eigenvalue weighted by atomic mass is 10.2. The van der Waals surface area contributed by atoms with Crippen LogP contribution in [0.5, 0.6) is 5.75 Å². The van der Waals surface area contributed by atoms with Crippen LogP contribution in [0.15, 0.2) is 46.9 Å². The zero-order valence-electron chi connectivity index (χ0n) is 16.1. The third kappa shape index (κ3) is 4.80. The summed E-state index contributed by atoms with van der Waals surface area (Å²) in [6, 6.07) is 12.7. The smallest absolute Gasteiger partial charge is 0.343 e. The highest BCUT2D eigenvalue weighted by atomic mass is 79.9. The van der Waals surface area contributed by atoms with E-state index in [1.165, 1.54) is 7.11 Å². The second kappa shape index (κ2) is 8.87. The molecule has 3 aromatic rings. The summed E-state index contributed by atoms with van der Waals surface area (Å²) < 4.78 is 12.4. The maximum atomic E-state index is 12.7. The quantitative estimate of drug-likeness (QED) is 0.568. The summed E-state index contributed by atoms with van der Waals surface area (Å²) in [6.07, 6.45) is 0. The van der Waals surface area contributed by atoms with Crippen molar-refractivity contribution in [3.63, 3.8) is 0 Å². The van der Waals surface area contributed by atoms with Gasteiger partial charge in [-0.25, -0.2) is 9.48 Å². The van der Waals surface area contributed by atoms with Crippen LogP contribution in [-0.2, 0) is 9.53 Å². The fraction of sp³-hybridized carbons (Fsp3) is 0.200. The van der Waals surface area contributed by atoms with E-state index < -0.39 is 5.97 Å². The molecule has 0 fully saturated rings. The van der Waals surface area contributed by atoms with Crippen molar-refractivity contribution in [1.29, 1.82) is 0 Å². The van der Waals surface area contributed by atoms with Gasteiger partial charge in [-0.05, 0) is 55.8 Å². The number of aryl methyl sites for hydroxylation is 1. The molecule has 0 aliphatic heterocycles. The number of hydrogen-bond acceptors (Lipinski definition) is 6. The number of amides is 1. The first-order chi connectivity index (χ1) is 13.9. The number of hydrogen-bond donors (Lipinski definition) is 1. The van der Waals surface area contributed by atoms with E-state index >= 15 is 0 Å². The van der Waals surface area contributed by atoms with Crippen LogP contribution in [0.3, 0.4) is 0 Å². The van der Waals surface area contributed by atoms with E-state index in [2.05, 4.69) is 36.3 Å². The monoisotopic (exact) mass is 458 g/mol. The first-order valence-electron chi connectivity index (χ1n) is 8.69. The van der Waals surface area contributed by atoms with Gasteiger partial charge in [-0.1, -0.05) is 27.2 Å². The number of nitrogens with zero attached hydrogens (tertiary/aromatic N) is 3. The minimum atomic E-state index is -0.468. The summed E-state index contributed by atoms with van der Waals surface area (Å²) in [5.41, 5.74) is 3.04. The van der Waals surface area contributed by atoms with Gasteiger partial charge in [-0.3, -0.25) is 4.79 Å². The van der Waals surface area contributed by atoms with Crippen molar-refractivity contribution >= 4 is 33.5 Å². The van der Waals surface area contributed by atoms with Crippen LogP contribution in [0.2, 0.25) is 0 Å². The topological polar surface area (TPSA) is 95.3 Å². The number of esters is 1. The second-order valence-corrected chi connectivity index (χ2v) is 7.13. The van der Waals surface area contributed by atoms with Crippen molar-refractivity contribution in [2.24, 2.45) is 0 Å². The van der Waals surface area contributed by atoms with Gasteiger partial charge in [-0.15, -0.1) is 5.10 Å². The molecule has 1 N–H and O–H groups in total. The molecular weight excluding hydrogens is 440 g/mol. The largest absolute Gasteiger partial charge is 0.482 e. The van der Waals surface area contributed by atoms with Gasteiger partial charge in [0.15, 0.2) is 12.3 Å². The molecule has 1 amide bonds. The van der Waals surface area contributed by atoms with Crippen LogP contribution < -0.4 is 10.1 Å². The summed E-state index contributed by atoms with van der Waals surface area (Å²) in [5, 5.41) is 11.0. The standard InChI is InChI=1S/C20H19BrN4O4/c1-12-9-16(29-11-18(26)28-3)7-8-17(12)22-20(27)19-13(2)25(24-23-19)15-6-4-5-14(21)10-15/h4-10H,11H2,1-3H3,(H,22,27). The summed E-state index contributed by atoms with van der Waals surface area (Å²) in [4.78, 5) is 23.9. The molecule has 0 spiro atoms. The maximum Gasteiger partial charge on any atom is 0.343 e. The number of methoxy groups -OCH3 is 1. The minimum absolute atomic E-state index is 0.181. The number of ether oxygens (including phenoxy) is 2. The Labute approximate surface area is 175 Å². The highest BCUT2D eigenvalue weighted by Crippen LogP contribution is 2.23. The molecule has 8 nitrogen and oxygen atoms in total. The Morgan fingerprint density at radius 2 is 1.97 bits per heavy atom. The number of carbonyl (C=O) groups excluding carboxylic acids is 2. The Bertz CT molecular complexity index is 1060. The van der Waals surface area contributed by atoms with Gasteiger partial charge in [0.2, 0.25) is 0 Å². The van der Waals surface area contributed by atoms with Gasteiger partial charge in [-0.2, -0.15) is 0 Å². The average molecular weight is 459 g/mol. The molecule has 0 atom stereocenters. The molecule has 0 bridgehead atoms. The molecule has 0 saturated heterocycles. The van der Waals surface area contributed by atoms with Gasteiger partial charge in [0, 0.05) is 10.2 Å². The molecule has 1 heterocycles.